The molecule has 16 heavy (non-hydrogen) atoms. The summed E-state index contributed by atoms with van der Waals surface area (Å²) >= 11 is 0. The van der Waals surface area contributed by atoms with Crippen LogP contribution in [0.2, 0.25) is 0 Å². The fraction of sp³-hybridized carbons (Fsp3) is 0.917. The van der Waals surface area contributed by atoms with Gasteiger partial charge in [0, 0.05) is 19.2 Å². The SMILES string of the molecule is CC(C)CN=C(N)NC1CCOC(C)(C)C1. The van der Waals surface area contributed by atoms with E-state index in [0.29, 0.717) is 17.9 Å². The Hall–Kier alpha value is -0.770. The van der Waals surface area contributed by atoms with Crippen molar-refractivity contribution in [1.29, 1.82) is 0 Å². The lowest BCUT2D eigenvalue weighted by molar-refractivity contribution is -0.0605. The van der Waals surface area contributed by atoms with E-state index in [1.54, 1.807) is 0 Å². The Balaban J connectivity index is 2.39. The van der Waals surface area contributed by atoms with Crippen molar-refractivity contribution >= 4 is 5.96 Å². The van der Waals surface area contributed by atoms with Gasteiger partial charge in [0.25, 0.3) is 0 Å². The van der Waals surface area contributed by atoms with Crippen LogP contribution in [0.15, 0.2) is 4.99 Å². The van der Waals surface area contributed by atoms with Crippen LogP contribution in [0.1, 0.15) is 40.5 Å². The maximum Gasteiger partial charge on any atom is 0.188 e. The second kappa shape index (κ2) is 5.53. The van der Waals surface area contributed by atoms with Crippen LogP contribution in [0.5, 0.6) is 0 Å². The molecule has 0 spiro atoms. The largest absolute Gasteiger partial charge is 0.375 e. The van der Waals surface area contributed by atoms with Crippen molar-refractivity contribution in [2.75, 3.05) is 13.2 Å². The number of guanidine groups is 1. The van der Waals surface area contributed by atoms with Crippen LogP contribution < -0.4 is 11.1 Å². The van der Waals surface area contributed by atoms with Gasteiger partial charge in [-0.15, -0.1) is 0 Å². The Labute approximate surface area is 98.6 Å². The van der Waals surface area contributed by atoms with Crippen molar-refractivity contribution in [3.8, 4) is 0 Å². The number of nitrogens with one attached hydrogen (secondary N) is 1. The average molecular weight is 227 g/mol. The summed E-state index contributed by atoms with van der Waals surface area (Å²) in [5.41, 5.74) is 5.79. The number of rotatable bonds is 3. The third-order valence-corrected chi connectivity index (χ3v) is 2.68. The normalized spacial score (nSPS) is 25.8. The second-order valence-electron chi connectivity index (χ2n) is 5.56. The van der Waals surface area contributed by atoms with Crippen molar-refractivity contribution in [2.45, 2.75) is 52.2 Å². The monoisotopic (exact) mass is 227 g/mol. The average Bonchev–Trinajstić information content (AvgIpc) is 2.13. The van der Waals surface area contributed by atoms with E-state index in [9.17, 15) is 0 Å². The Kier molecular flexibility index (Phi) is 4.59. The van der Waals surface area contributed by atoms with Gasteiger partial charge in [-0.1, -0.05) is 13.8 Å². The molecule has 4 nitrogen and oxygen atoms in total. The van der Waals surface area contributed by atoms with Gasteiger partial charge in [0.2, 0.25) is 0 Å². The highest BCUT2D eigenvalue weighted by Gasteiger charge is 2.28. The summed E-state index contributed by atoms with van der Waals surface area (Å²) < 4.78 is 5.65. The number of hydrogen-bond acceptors (Lipinski definition) is 2. The van der Waals surface area contributed by atoms with E-state index < -0.39 is 0 Å². The van der Waals surface area contributed by atoms with E-state index in [1.807, 2.05) is 0 Å². The molecule has 0 aliphatic carbocycles. The number of nitrogens with zero attached hydrogens (tertiary/aromatic N) is 1. The van der Waals surface area contributed by atoms with Gasteiger partial charge in [0.05, 0.1) is 5.60 Å². The van der Waals surface area contributed by atoms with Gasteiger partial charge in [0.15, 0.2) is 5.96 Å². The topological polar surface area (TPSA) is 59.6 Å². The lowest BCUT2D eigenvalue weighted by atomic mass is 9.94. The molecule has 1 atom stereocenters. The number of nitrogens with two attached hydrogens (primary N) is 1. The maximum atomic E-state index is 5.84. The highest BCUT2D eigenvalue weighted by Crippen LogP contribution is 2.23. The minimum absolute atomic E-state index is 0.0474. The standard InChI is InChI=1S/C12H25N3O/c1-9(2)8-14-11(13)15-10-5-6-16-12(3,4)7-10/h9-10H,5-8H2,1-4H3,(H3,13,14,15). The molecule has 1 rings (SSSR count). The molecule has 1 aliphatic rings. The van der Waals surface area contributed by atoms with Gasteiger partial charge < -0.3 is 15.8 Å². The zero-order valence-corrected chi connectivity index (χ0v) is 10.9. The van der Waals surface area contributed by atoms with Gasteiger partial charge >= 0.3 is 0 Å². The van der Waals surface area contributed by atoms with Crippen LogP contribution in [0.25, 0.3) is 0 Å². The molecule has 4 heteroatoms. The van der Waals surface area contributed by atoms with E-state index in [0.717, 1.165) is 26.0 Å². The molecule has 0 saturated carbocycles. The third-order valence-electron chi connectivity index (χ3n) is 2.68. The summed E-state index contributed by atoms with van der Waals surface area (Å²) in [6.07, 6.45) is 1.98. The van der Waals surface area contributed by atoms with Crippen molar-refractivity contribution in [1.82, 2.24) is 5.32 Å². The molecule has 1 aliphatic heterocycles. The van der Waals surface area contributed by atoms with Gasteiger partial charge in [-0.05, 0) is 32.6 Å². The van der Waals surface area contributed by atoms with Crippen molar-refractivity contribution < 1.29 is 4.74 Å². The summed E-state index contributed by atoms with van der Waals surface area (Å²) in [6, 6.07) is 0.389. The molecule has 0 bridgehead atoms. The van der Waals surface area contributed by atoms with E-state index in [4.69, 9.17) is 10.5 Å². The van der Waals surface area contributed by atoms with Crippen LogP contribution in [0.3, 0.4) is 0 Å². The highest BCUT2D eigenvalue weighted by atomic mass is 16.5. The molecule has 1 unspecified atom stereocenters. The Bertz CT molecular complexity index is 249. The third kappa shape index (κ3) is 4.84. The number of ether oxygens (including phenoxy) is 1. The molecule has 0 aromatic heterocycles. The molecule has 94 valence electrons. The van der Waals surface area contributed by atoms with E-state index in [-0.39, 0.29) is 5.60 Å². The van der Waals surface area contributed by atoms with Crippen LogP contribution in [0.4, 0.5) is 0 Å². The molecule has 0 aromatic rings. The maximum absolute atomic E-state index is 5.84. The fourth-order valence-corrected chi connectivity index (χ4v) is 1.89. The van der Waals surface area contributed by atoms with Crippen molar-refractivity contribution in [3.05, 3.63) is 0 Å². The molecule has 1 fully saturated rings. The zero-order valence-electron chi connectivity index (χ0n) is 10.9. The van der Waals surface area contributed by atoms with E-state index in [1.165, 1.54) is 0 Å². The van der Waals surface area contributed by atoms with Crippen LogP contribution in [0, 0.1) is 5.92 Å². The van der Waals surface area contributed by atoms with Gasteiger partial charge in [-0.3, -0.25) is 4.99 Å². The Morgan fingerprint density at radius 3 is 2.81 bits per heavy atom. The predicted molar refractivity (Wildman–Crippen MR) is 67.5 cm³/mol. The quantitative estimate of drug-likeness (QED) is 0.567. The highest BCUT2D eigenvalue weighted by molar-refractivity contribution is 5.78. The van der Waals surface area contributed by atoms with E-state index in [2.05, 4.69) is 38.0 Å². The van der Waals surface area contributed by atoms with Crippen molar-refractivity contribution in [2.24, 2.45) is 16.6 Å². The molecule has 0 radical (unpaired) electrons. The van der Waals surface area contributed by atoms with Gasteiger partial charge in [-0.2, -0.15) is 0 Å². The summed E-state index contributed by atoms with van der Waals surface area (Å²) in [5, 5.41) is 3.28. The molecule has 1 heterocycles. The van der Waals surface area contributed by atoms with Crippen molar-refractivity contribution in [3.63, 3.8) is 0 Å². The minimum atomic E-state index is -0.0474. The second-order valence-corrected chi connectivity index (χ2v) is 5.56. The molecule has 1 saturated heterocycles. The summed E-state index contributed by atoms with van der Waals surface area (Å²) in [4.78, 5) is 4.31. The number of hydrogen-bond donors (Lipinski definition) is 2. The minimum Gasteiger partial charge on any atom is -0.375 e. The molecule has 0 aromatic carbocycles. The predicted octanol–water partition coefficient (Wildman–Crippen LogP) is 1.50. The first-order valence-electron chi connectivity index (χ1n) is 6.09. The van der Waals surface area contributed by atoms with Gasteiger partial charge in [-0.25, -0.2) is 0 Å². The Morgan fingerprint density at radius 2 is 2.25 bits per heavy atom. The van der Waals surface area contributed by atoms with Gasteiger partial charge in [0.1, 0.15) is 0 Å². The molecular formula is C12H25N3O. The first-order chi connectivity index (χ1) is 7.39. The van der Waals surface area contributed by atoms with Crippen LogP contribution in [-0.4, -0.2) is 30.8 Å². The summed E-state index contributed by atoms with van der Waals surface area (Å²) in [6.45, 7) is 10.1. The smallest absolute Gasteiger partial charge is 0.188 e. The molecular weight excluding hydrogens is 202 g/mol. The first kappa shape index (κ1) is 13.3. The summed E-state index contributed by atoms with van der Waals surface area (Å²) in [5.74, 6) is 1.11. The zero-order chi connectivity index (χ0) is 12.2. The first-order valence-corrected chi connectivity index (χ1v) is 6.09. The number of aliphatic imine (C=N–C) groups is 1. The lowest BCUT2D eigenvalue weighted by Gasteiger charge is -2.36. The van der Waals surface area contributed by atoms with Crippen LogP contribution in [-0.2, 0) is 4.74 Å². The van der Waals surface area contributed by atoms with E-state index >= 15 is 0 Å². The molecule has 0 amide bonds. The fourth-order valence-electron chi connectivity index (χ4n) is 1.89. The summed E-state index contributed by atoms with van der Waals surface area (Å²) in [7, 11) is 0. The van der Waals surface area contributed by atoms with Crippen LogP contribution >= 0.6 is 0 Å². The Morgan fingerprint density at radius 1 is 1.56 bits per heavy atom. The molecule has 3 N–H and O–H groups in total. The lowest BCUT2D eigenvalue weighted by Crippen LogP contribution is -2.48.